The Hall–Kier alpha value is -1.06. The van der Waals surface area contributed by atoms with Crippen molar-refractivity contribution in [2.24, 2.45) is 0 Å². The maximum absolute atomic E-state index is 12.0. The fourth-order valence-electron chi connectivity index (χ4n) is 2.43. The van der Waals surface area contributed by atoms with Crippen LogP contribution in [0.2, 0.25) is 0 Å². The Kier molecular flexibility index (Phi) is 5.45. The summed E-state index contributed by atoms with van der Waals surface area (Å²) >= 11 is 0. The second kappa shape index (κ2) is 6.62. The highest BCUT2D eigenvalue weighted by molar-refractivity contribution is 6.34. The molecule has 0 unspecified atom stereocenters. The molecule has 0 atom stereocenters. The summed E-state index contributed by atoms with van der Waals surface area (Å²) in [5.74, 6) is -0.705. The number of hydrogen-bond acceptors (Lipinski definition) is 2. The van der Waals surface area contributed by atoms with Crippen LogP contribution in [0.4, 0.5) is 0 Å². The van der Waals surface area contributed by atoms with E-state index in [-0.39, 0.29) is 17.9 Å². The predicted octanol–water partition coefficient (Wildman–Crippen LogP) is 1.65. The maximum Gasteiger partial charge on any atom is 0.312 e. The molecule has 1 rings (SSSR count). The highest BCUT2D eigenvalue weighted by Crippen LogP contribution is 2.21. The Balaban J connectivity index is 2.58. The lowest BCUT2D eigenvalue weighted by Gasteiger charge is -2.32. The highest BCUT2D eigenvalue weighted by Gasteiger charge is 2.28. The Bertz CT molecular complexity index is 269. The molecule has 4 heteroatoms. The molecule has 1 fully saturated rings. The third kappa shape index (κ3) is 3.45. The first-order chi connectivity index (χ1) is 8.11. The molecule has 2 amide bonds. The molecule has 0 heterocycles. The van der Waals surface area contributed by atoms with Gasteiger partial charge in [-0.3, -0.25) is 9.59 Å². The van der Waals surface area contributed by atoms with Gasteiger partial charge >= 0.3 is 11.8 Å². The van der Waals surface area contributed by atoms with Gasteiger partial charge in [0.1, 0.15) is 0 Å². The summed E-state index contributed by atoms with van der Waals surface area (Å²) in [6.07, 6.45) is 5.66. The van der Waals surface area contributed by atoms with Crippen molar-refractivity contribution in [3.63, 3.8) is 0 Å². The predicted molar refractivity (Wildman–Crippen MR) is 67.6 cm³/mol. The van der Waals surface area contributed by atoms with E-state index in [1.807, 2.05) is 13.8 Å². The molecule has 1 aliphatic rings. The van der Waals surface area contributed by atoms with Crippen LogP contribution in [-0.2, 0) is 9.59 Å². The first-order valence-corrected chi connectivity index (χ1v) is 6.67. The topological polar surface area (TPSA) is 40.6 Å². The third-order valence-corrected chi connectivity index (χ3v) is 3.68. The summed E-state index contributed by atoms with van der Waals surface area (Å²) in [5.41, 5.74) is 0. The average Bonchev–Trinajstić information content (AvgIpc) is 2.39. The molecule has 0 aromatic carbocycles. The van der Waals surface area contributed by atoms with E-state index >= 15 is 0 Å². The molecule has 1 aliphatic carbocycles. The Labute approximate surface area is 104 Å². The van der Waals surface area contributed by atoms with Gasteiger partial charge < -0.3 is 9.80 Å². The second-order valence-electron chi connectivity index (χ2n) is 4.69. The molecule has 98 valence electrons. The molecular weight excluding hydrogens is 216 g/mol. The monoisotopic (exact) mass is 240 g/mol. The van der Waals surface area contributed by atoms with Crippen molar-refractivity contribution >= 4 is 11.8 Å². The largest absolute Gasteiger partial charge is 0.335 e. The van der Waals surface area contributed by atoms with E-state index in [0.717, 1.165) is 12.8 Å². The molecule has 0 saturated heterocycles. The molecule has 0 aliphatic heterocycles. The van der Waals surface area contributed by atoms with Crippen LogP contribution in [0.3, 0.4) is 0 Å². The molecule has 0 spiro atoms. The minimum absolute atomic E-state index is 0.260. The van der Waals surface area contributed by atoms with Crippen molar-refractivity contribution in [3.8, 4) is 0 Å². The first kappa shape index (κ1) is 14.0. The fourth-order valence-corrected chi connectivity index (χ4v) is 2.43. The summed E-state index contributed by atoms with van der Waals surface area (Å²) in [6, 6.07) is 0.260. The standard InChI is InChI=1S/C13H24N2O2/c1-4-15(5-2)13(17)12(16)14(3)11-9-7-6-8-10-11/h11H,4-10H2,1-3H3. The summed E-state index contributed by atoms with van der Waals surface area (Å²) in [6.45, 7) is 4.99. The van der Waals surface area contributed by atoms with Crippen LogP contribution in [0.1, 0.15) is 46.0 Å². The Morgan fingerprint density at radius 2 is 1.53 bits per heavy atom. The minimum atomic E-state index is -0.358. The van der Waals surface area contributed by atoms with Crippen LogP contribution in [0.25, 0.3) is 0 Å². The molecule has 17 heavy (non-hydrogen) atoms. The van der Waals surface area contributed by atoms with Crippen molar-refractivity contribution in [3.05, 3.63) is 0 Å². The number of likely N-dealkylation sites (N-methyl/N-ethyl adjacent to an activating group) is 2. The van der Waals surface area contributed by atoms with Crippen LogP contribution in [0, 0.1) is 0 Å². The minimum Gasteiger partial charge on any atom is -0.335 e. The summed E-state index contributed by atoms with van der Waals surface area (Å²) < 4.78 is 0. The first-order valence-electron chi connectivity index (χ1n) is 6.67. The van der Waals surface area contributed by atoms with Gasteiger partial charge in [0, 0.05) is 26.2 Å². The number of nitrogens with zero attached hydrogens (tertiary/aromatic N) is 2. The zero-order chi connectivity index (χ0) is 12.8. The number of amides is 2. The van der Waals surface area contributed by atoms with Gasteiger partial charge in [-0.2, -0.15) is 0 Å². The lowest BCUT2D eigenvalue weighted by atomic mass is 9.94. The lowest BCUT2D eigenvalue weighted by Crippen LogP contribution is -2.47. The Morgan fingerprint density at radius 3 is 2.00 bits per heavy atom. The normalized spacial score (nSPS) is 16.6. The van der Waals surface area contributed by atoms with Gasteiger partial charge in [-0.15, -0.1) is 0 Å². The SMILES string of the molecule is CCN(CC)C(=O)C(=O)N(C)C1CCCCC1. The molecule has 4 nitrogen and oxygen atoms in total. The van der Waals surface area contributed by atoms with Gasteiger partial charge in [0.15, 0.2) is 0 Å². The molecule has 0 aromatic heterocycles. The number of carbonyl (C=O) groups excluding carboxylic acids is 2. The van der Waals surface area contributed by atoms with Crippen LogP contribution in [0.5, 0.6) is 0 Å². The number of hydrogen-bond donors (Lipinski definition) is 0. The smallest absolute Gasteiger partial charge is 0.312 e. The Morgan fingerprint density at radius 1 is 1.00 bits per heavy atom. The van der Waals surface area contributed by atoms with E-state index in [2.05, 4.69) is 0 Å². The molecule has 0 N–H and O–H groups in total. The summed E-state index contributed by atoms with van der Waals surface area (Å²) in [4.78, 5) is 27.2. The summed E-state index contributed by atoms with van der Waals surface area (Å²) in [7, 11) is 1.76. The maximum atomic E-state index is 12.0. The van der Waals surface area contributed by atoms with Crippen LogP contribution >= 0.6 is 0 Å². The lowest BCUT2D eigenvalue weighted by molar-refractivity contribution is -0.152. The van der Waals surface area contributed by atoms with E-state index in [9.17, 15) is 9.59 Å². The van der Waals surface area contributed by atoms with Crippen molar-refractivity contribution in [2.75, 3.05) is 20.1 Å². The van der Waals surface area contributed by atoms with Crippen molar-refractivity contribution in [2.45, 2.75) is 52.0 Å². The molecule has 0 aromatic rings. The van der Waals surface area contributed by atoms with Gasteiger partial charge in [0.2, 0.25) is 0 Å². The number of carbonyl (C=O) groups is 2. The van der Waals surface area contributed by atoms with Crippen molar-refractivity contribution < 1.29 is 9.59 Å². The van der Waals surface area contributed by atoms with Crippen LogP contribution < -0.4 is 0 Å². The van der Waals surface area contributed by atoms with Crippen LogP contribution in [0.15, 0.2) is 0 Å². The molecule has 1 saturated carbocycles. The third-order valence-electron chi connectivity index (χ3n) is 3.68. The average molecular weight is 240 g/mol. The summed E-state index contributed by atoms with van der Waals surface area (Å²) in [5, 5.41) is 0. The zero-order valence-corrected chi connectivity index (χ0v) is 11.2. The van der Waals surface area contributed by atoms with Gasteiger partial charge in [-0.05, 0) is 26.7 Å². The van der Waals surface area contributed by atoms with Gasteiger partial charge in [-0.1, -0.05) is 19.3 Å². The highest BCUT2D eigenvalue weighted by atomic mass is 16.2. The van der Waals surface area contributed by atoms with E-state index in [0.29, 0.717) is 13.1 Å². The zero-order valence-electron chi connectivity index (χ0n) is 11.2. The van der Waals surface area contributed by atoms with Gasteiger partial charge in [-0.25, -0.2) is 0 Å². The quantitative estimate of drug-likeness (QED) is 0.704. The second-order valence-corrected chi connectivity index (χ2v) is 4.69. The van der Waals surface area contributed by atoms with Gasteiger partial charge in [0.05, 0.1) is 0 Å². The molecule has 0 bridgehead atoms. The van der Waals surface area contributed by atoms with Crippen LogP contribution in [-0.4, -0.2) is 47.8 Å². The van der Waals surface area contributed by atoms with E-state index in [1.165, 1.54) is 19.3 Å². The van der Waals surface area contributed by atoms with E-state index in [1.54, 1.807) is 16.8 Å². The molecular formula is C13H24N2O2. The van der Waals surface area contributed by atoms with E-state index < -0.39 is 0 Å². The van der Waals surface area contributed by atoms with Gasteiger partial charge in [0.25, 0.3) is 0 Å². The molecule has 0 radical (unpaired) electrons. The fraction of sp³-hybridized carbons (Fsp3) is 0.846. The number of rotatable bonds is 3. The van der Waals surface area contributed by atoms with Crippen molar-refractivity contribution in [1.29, 1.82) is 0 Å². The van der Waals surface area contributed by atoms with Crippen molar-refractivity contribution in [1.82, 2.24) is 9.80 Å². The van der Waals surface area contributed by atoms with E-state index in [4.69, 9.17) is 0 Å².